The molecule has 0 fully saturated rings. The van der Waals surface area contributed by atoms with Crippen molar-refractivity contribution >= 4 is 0 Å². The number of hydrogen-bond acceptors (Lipinski definition) is 3. The van der Waals surface area contributed by atoms with E-state index in [9.17, 15) is 0 Å². The quantitative estimate of drug-likeness (QED) is 0.374. The Bertz CT molecular complexity index is 65.2. The Morgan fingerprint density at radius 1 is 1.11 bits per heavy atom. The van der Waals surface area contributed by atoms with Gasteiger partial charge < -0.3 is 15.3 Å². The molecule has 3 N–H and O–H groups in total. The van der Waals surface area contributed by atoms with Crippen LogP contribution in [0.1, 0.15) is 25.7 Å². The maximum Gasteiger partial charge on any atom is 0.275 e. The van der Waals surface area contributed by atoms with Crippen molar-refractivity contribution in [1.82, 2.24) is 0 Å². The minimum atomic E-state index is -2.48. The highest BCUT2D eigenvalue weighted by Gasteiger charge is 2.15. The maximum absolute atomic E-state index is 8.33. The van der Waals surface area contributed by atoms with E-state index in [0.717, 1.165) is 12.8 Å². The van der Waals surface area contributed by atoms with Crippen LogP contribution in [0.5, 0.6) is 0 Å². The normalized spacial score (nSPS) is 12.0. The van der Waals surface area contributed by atoms with Crippen LogP contribution >= 0.6 is 0 Å². The second-order valence-corrected chi connectivity index (χ2v) is 2.09. The molecule has 0 aliphatic heterocycles. The Balaban J connectivity index is 3.07. The average Bonchev–Trinajstić information content (AvgIpc) is 1.63. The van der Waals surface area contributed by atoms with E-state index < -0.39 is 5.97 Å². The lowest BCUT2D eigenvalue weighted by Crippen LogP contribution is -2.26. The summed E-state index contributed by atoms with van der Waals surface area (Å²) in [4.78, 5) is 0. The van der Waals surface area contributed by atoms with E-state index >= 15 is 0 Å². The van der Waals surface area contributed by atoms with E-state index in [2.05, 4.69) is 6.92 Å². The molecule has 0 aliphatic rings. The molecule has 0 saturated carbocycles. The first kappa shape index (κ1) is 8.88. The molecular formula is C6H13O3. The molecule has 0 bridgehead atoms. The zero-order chi connectivity index (χ0) is 7.33. The van der Waals surface area contributed by atoms with Gasteiger partial charge in [-0.2, -0.15) is 0 Å². The summed E-state index contributed by atoms with van der Waals surface area (Å²) in [6.07, 6.45) is 2.16. The molecule has 0 amide bonds. The molecule has 3 heteroatoms. The van der Waals surface area contributed by atoms with Crippen molar-refractivity contribution in [1.29, 1.82) is 0 Å². The molecule has 0 aromatic rings. The van der Waals surface area contributed by atoms with Crippen LogP contribution in [0.3, 0.4) is 0 Å². The van der Waals surface area contributed by atoms with Crippen LogP contribution < -0.4 is 0 Å². The van der Waals surface area contributed by atoms with Crippen LogP contribution in [0.4, 0.5) is 0 Å². The van der Waals surface area contributed by atoms with Crippen LogP contribution in [0.15, 0.2) is 0 Å². The Hall–Kier alpha value is -0.120. The summed E-state index contributed by atoms with van der Waals surface area (Å²) >= 11 is 0. The zero-order valence-electron chi connectivity index (χ0n) is 5.38. The fraction of sp³-hybridized carbons (Fsp3) is 0.833. The Morgan fingerprint density at radius 3 is 2.00 bits per heavy atom. The minimum absolute atomic E-state index is 0.00250. The number of unbranched alkanes of at least 4 members (excludes halogenated alkanes) is 2. The van der Waals surface area contributed by atoms with Gasteiger partial charge in [0, 0.05) is 6.42 Å². The van der Waals surface area contributed by atoms with Crippen molar-refractivity contribution in [2.45, 2.75) is 31.7 Å². The first-order valence-corrected chi connectivity index (χ1v) is 3.02. The molecule has 0 aromatic heterocycles. The summed E-state index contributed by atoms with van der Waals surface area (Å²) in [6.45, 7) is 3.56. The summed E-state index contributed by atoms with van der Waals surface area (Å²) in [5, 5.41) is 25.0. The van der Waals surface area contributed by atoms with Gasteiger partial charge in [0.2, 0.25) is 0 Å². The van der Waals surface area contributed by atoms with Crippen molar-refractivity contribution < 1.29 is 15.3 Å². The van der Waals surface area contributed by atoms with Gasteiger partial charge in [-0.1, -0.05) is 19.8 Å². The SMILES string of the molecule is [CH2]CCCCC(O)(O)O. The van der Waals surface area contributed by atoms with Gasteiger partial charge in [-0.25, -0.2) is 0 Å². The lowest BCUT2D eigenvalue weighted by atomic mass is 10.2. The molecule has 0 rings (SSSR count). The molecule has 0 spiro atoms. The van der Waals surface area contributed by atoms with E-state index in [1.165, 1.54) is 0 Å². The largest absolute Gasteiger partial charge is 0.344 e. The Morgan fingerprint density at radius 2 is 1.67 bits per heavy atom. The van der Waals surface area contributed by atoms with Gasteiger partial charge in [-0.15, -0.1) is 0 Å². The smallest absolute Gasteiger partial charge is 0.275 e. The maximum atomic E-state index is 8.33. The molecule has 3 nitrogen and oxygen atoms in total. The summed E-state index contributed by atoms with van der Waals surface area (Å²) < 4.78 is 0. The van der Waals surface area contributed by atoms with E-state index in [1.807, 2.05) is 0 Å². The van der Waals surface area contributed by atoms with E-state index in [0.29, 0.717) is 6.42 Å². The minimum Gasteiger partial charge on any atom is -0.344 e. The number of hydrogen-bond donors (Lipinski definition) is 3. The lowest BCUT2D eigenvalue weighted by molar-refractivity contribution is -0.314. The van der Waals surface area contributed by atoms with Gasteiger partial charge >= 0.3 is 0 Å². The van der Waals surface area contributed by atoms with E-state index in [4.69, 9.17) is 15.3 Å². The summed E-state index contributed by atoms with van der Waals surface area (Å²) in [5.74, 6) is -2.48. The van der Waals surface area contributed by atoms with Gasteiger partial charge in [0.1, 0.15) is 0 Å². The highest BCUT2D eigenvalue weighted by molar-refractivity contribution is 4.49. The molecule has 0 unspecified atom stereocenters. The Kier molecular flexibility index (Phi) is 3.77. The first-order chi connectivity index (χ1) is 4.06. The number of rotatable bonds is 4. The molecule has 0 atom stereocenters. The molecule has 0 heterocycles. The summed E-state index contributed by atoms with van der Waals surface area (Å²) in [5.41, 5.74) is 0. The van der Waals surface area contributed by atoms with Crippen LogP contribution in [0, 0.1) is 6.92 Å². The molecular weight excluding hydrogens is 120 g/mol. The van der Waals surface area contributed by atoms with Gasteiger partial charge in [0.15, 0.2) is 0 Å². The molecule has 55 valence electrons. The molecule has 0 saturated heterocycles. The van der Waals surface area contributed by atoms with Crippen molar-refractivity contribution in [3.8, 4) is 0 Å². The average molecular weight is 133 g/mol. The second kappa shape index (κ2) is 3.82. The van der Waals surface area contributed by atoms with Crippen LogP contribution in [-0.4, -0.2) is 21.3 Å². The van der Waals surface area contributed by atoms with Crippen molar-refractivity contribution in [2.75, 3.05) is 0 Å². The first-order valence-electron chi connectivity index (χ1n) is 3.02. The van der Waals surface area contributed by atoms with Gasteiger partial charge in [-0.05, 0) is 6.42 Å². The predicted octanol–water partition coefficient (Wildman–Crippen LogP) is 0.0116. The van der Waals surface area contributed by atoms with Crippen LogP contribution in [0.2, 0.25) is 0 Å². The van der Waals surface area contributed by atoms with Gasteiger partial charge in [-0.3, -0.25) is 0 Å². The lowest BCUT2D eigenvalue weighted by Gasteiger charge is -2.12. The molecule has 9 heavy (non-hydrogen) atoms. The molecule has 0 aliphatic carbocycles. The van der Waals surface area contributed by atoms with Crippen LogP contribution in [-0.2, 0) is 0 Å². The second-order valence-electron chi connectivity index (χ2n) is 2.09. The summed E-state index contributed by atoms with van der Waals surface area (Å²) in [7, 11) is 0. The fourth-order valence-corrected chi connectivity index (χ4v) is 0.539. The monoisotopic (exact) mass is 133 g/mol. The highest BCUT2D eigenvalue weighted by Crippen LogP contribution is 2.07. The predicted molar refractivity (Wildman–Crippen MR) is 33.2 cm³/mol. The van der Waals surface area contributed by atoms with Gasteiger partial charge in [0.05, 0.1) is 0 Å². The van der Waals surface area contributed by atoms with Crippen LogP contribution in [0.25, 0.3) is 0 Å². The molecule has 1 radical (unpaired) electrons. The zero-order valence-corrected chi connectivity index (χ0v) is 5.38. The number of aliphatic hydroxyl groups is 3. The molecule has 0 aromatic carbocycles. The third-order valence-electron chi connectivity index (χ3n) is 1.01. The standard InChI is InChI=1S/C6H13O3/c1-2-3-4-5-6(7,8)9/h7-9H,1-5H2. The van der Waals surface area contributed by atoms with E-state index in [-0.39, 0.29) is 6.42 Å². The van der Waals surface area contributed by atoms with E-state index in [1.54, 1.807) is 0 Å². The van der Waals surface area contributed by atoms with Crippen molar-refractivity contribution in [3.63, 3.8) is 0 Å². The van der Waals surface area contributed by atoms with Crippen molar-refractivity contribution in [2.24, 2.45) is 0 Å². The Labute approximate surface area is 54.9 Å². The summed E-state index contributed by atoms with van der Waals surface area (Å²) in [6, 6.07) is 0. The van der Waals surface area contributed by atoms with Gasteiger partial charge in [0.25, 0.3) is 5.97 Å². The topological polar surface area (TPSA) is 60.7 Å². The fourth-order valence-electron chi connectivity index (χ4n) is 0.539. The third-order valence-corrected chi connectivity index (χ3v) is 1.01. The van der Waals surface area contributed by atoms with Crippen molar-refractivity contribution in [3.05, 3.63) is 6.92 Å². The third kappa shape index (κ3) is 7.88. The highest BCUT2D eigenvalue weighted by atomic mass is 16.7.